The van der Waals surface area contributed by atoms with Crippen molar-refractivity contribution in [3.63, 3.8) is 0 Å². The van der Waals surface area contributed by atoms with E-state index in [4.69, 9.17) is 5.73 Å². The van der Waals surface area contributed by atoms with Crippen LogP contribution in [0.4, 0.5) is 10.1 Å². The first-order valence-electron chi connectivity index (χ1n) is 6.61. The van der Waals surface area contributed by atoms with E-state index >= 15 is 0 Å². The predicted octanol–water partition coefficient (Wildman–Crippen LogP) is 2.36. The van der Waals surface area contributed by atoms with Crippen molar-refractivity contribution in [1.82, 2.24) is 19.6 Å². The Hall–Kier alpha value is -2.63. The molecule has 0 aliphatic rings. The zero-order valence-electron chi connectivity index (χ0n) is 11.9. The topological polar surface area (TPSA) is 61.7 Å². The van der Waals surface area contributed by atoms with Crippen molar-refractivity contribution in [1.29, 1.82) is 0 Å². The fourth-order valence-corrected chi connectivity index (χ4v) is 2.38. The van der Waals surface area contributed by atoms with Crippen LogP contribution in [0.15, 0.2) is 36.7 Å². The van der Waals surface area contributed by atoms with Crippen molar-refractivity contribution in [2.24, 2.45) is 7.05 Å². The van der Waals surface area contributed by atoms with Crippen molar-refractivity contribution in [2.75, 3.05) is 5.73 Å². The maximum atomic E-state index is 13.2. The average Bonchev–Trinajstić information content (AvgIpc) is 2.92. The molecule has 0 atom stereocenters. The molecule has 0 radical (unpaired) electrons. The molecule has 0 unspecified atom stereocenters. The molecule has 0 amide bonds. The minimum absolute atomic E-state index is 0.254. The summed E-state index contributed by atoms with van der Waals surface area (Å²) in [5.41, 5.74) is 9.96. The van der Waals surface area contributed by atoms with E-state index in [1.54, 1.807) is 21.6 Å². The number of hydrogen-bond acceptors (Lipinski definition) is 3. The van der Waals surface area contributed by atoms with Crippen LogP contribution in [0.1, 0.15) is 11.3 Å². The van der Waals surface area contributed by atoms with Crippen LogP contribution in [0.25, 0.3) is 11.3 Å². The number of anilines is 1. The normalized spacial score (nSPS) is 11.0. The highest BCUT2D eigenvalue weighted by Gasteiger charge is 2.14. The first-order valence-corrected chi connectivity index (χ1v) is 6.61. The van der Waals surface area contributed by atoms with Gasteiger partial charge in [0.1, 0.15) is 11.5 Å². The lowest BCUT2D eigenvalue weighted by Gasteiger charge is -2.01. The third-order valence-corrected chi connectivity index (χ3v) is 3.29. The second-order valence-corrected chi connectivity index (χ2v) is 5.06. The molecule has 1 aromatic carbocycles. The first-order chi connectivity index (χ1) is 10.0. The van der Waals surface area contributed by atoms with Crippen LogP contribution in [0.2, 0.25) is 0 Å². The fraction of sp³-hybridized carbons (Fsp3) is 0.200. The number of nitrogens with two attached hydrogens (primary N) is 1. The van der Waals surface area contributed by atoms with E-state index in [0.717, 1.165) is 16.8 Å². The first kappa shape index (κ1) is 13.4. The summed E-state index contributed by atoms with van der Waals surface area (Å²) in [7, 11) is 1.86. The van der Waals surface area contributed by atoms with Crippen LogP contribution >= 0.6 is 0 Å². The third-order valence-electron chi connectivity index (χ3n) is 3.29. The highest BCUT2D eigenvalue weighted by Crippen LogP contribution is 2.26. The molecule has 3 aromatic rings. The molecule has 6 heteroatoms. The largest absolute Gasteiger partial charge is 0.396 e. The Kier molecular flexibility index (Phi) is 3.21. The Morgan fingerprint density at radius 1 is 1.24 bits per heavy atom. The summed E-state index contributed by atoms with van der Waals surface area (Å²) in [6.07, 6.45) is 3.65. The molecule has 2 aromatic heterocycles. The van der Waals surface area contributed by atoms with E-state index in [2.05, 4.69) is 10.2 Å². The van der Waals surface area contributed by atoms with E-state index < -0.39 is 0 Å². The van der Waals surface area contributed by atoms with Crippen molar-refractivity contribution < 1.29 is 4.39 Å². The lowest BCUT2D eigenvalue weighted by Crippen LogP contribution is -2.00. The fourth-order valence-electron chi connectivity index (χ4n) is 2.38. The lowest BCUT2D eigenvalue weighted by molar-refractivity contribution is 0.619. The minimum atomic E-state index is -0.254. The van der Waals surface area contributed by atoms with Crippen LogP contribution in [-0.2, 0) is 13.6 Å². The number of halogens is 1. The Morgan fingerprint density at radius 3 is 2.71 bits per heavy atom. The molecular weight excluding hydrogens is 269 g/mol. The van der Waals surface area contributed by atoms with Gasteiger partial charge in [0.05, 0.1) is 17.9 Å². The standard InChI is InChI=1S/C15H16FN5/c1-10-13(8-20(2)18-10)15-14(17)9-21(19-15)7-11-4-3-5-12(16)6-11/h3-6,8-9H,7,17H2,1-2H3. The molecular formula is C15H16FN5. The molecule has 21 heavy (non-hydrogen) atoms. The van der Waals surface area contributed by atoms with Gasteiger partial charge in [0.25, 0.3) is 0 Å². The zero-order valence-corrected chi connectivity index (χ0v) is 11.9. The lowest BCUT2D eigenvalue weighted by atomic mass is 10.2. The molecule has 108 valence electrons. The number of nitrogen functional groups attached to an aromatic ring is 1. The molecule has 0 saturated carbocycles. The summed E-state index contributed by atoms with van der Waals surface area (Å²) in [4.78, 5) is 0. The molecule has 2 heterocycles. The Bertz CT molecular complexity index is 787. The summed E-state index contributed by atoms with van der Waals surface area (Å²) in [5, 5.41) is 8.79. The van der Waals surface area contributed by atoms with Gasteiger partial charge in [-0.25, -0.2) is 4.39 Å². The molecule has 0 saturated heterocycles. The summed E-state index contributed by atoms with van der Waals surface area (Å²) in [6.45, 7) is 2.39. The summed E-state index contributed by atoms with van der Waals surface area (Å²) in [6, 6.07) is 6.46. The Balaban J connectivity index is 1.93. The van der Waals surface area contributed by atoms with E-state index in [1.165, 1.54) is 12.1 Å². The van der Waals surface area contributed by atoms with Crippen molar-refractivity contribution >= 4 is 5.69 Å². The quantitative estimate of drug-likeness (QED) is 0.803. The van der Waals surface area contributed by atoms with Crippen LogP contribution in [0.3, 0.4) is 0 Å². The van der Waals surface area contributed by atoms with E-state index in [0.29, 0.717) is 17.9 Å². The van der Waals surface area contributed by atoms with Crippen LogP contribution < -0.4 is 5.73 Å². The molecule has 0 fully saturated rings. The average molecular weight is 285 g/mol. The Morgan fingerprint density at radius 2 is 2.05 bits per heavy atom. The van der Waals surface area contributed by atoms with Crippen molar-refractivity contribution in [3.8, 4) is 11.3 Å². The van der Waals surface area contributed by atoms with E-state index in [1.807, 2.05) is 26.2 Å². The van der Waals surface area contributed by atoms with Crippen molar-refractivity contribution in [2.45, 2.75) is 13.5 Å². The maximum Gasteiger partial charge on any atom is 0.123 e. The second kappa shape index (κ2) is 5.05. The Labute approximate surface area is 121 Å². The number of aromatic nitrogens is 4. The van der Waals surface area contributed by atoms with Crippen molar-refractivity contribution in [3.05, 3.63) is 53.7 Å². The van der Waals surface area contributed by atoms with Gasteiger partial charge < -0.3 is 5.73 Å². The summed E-state index contributed by atoms with van der Waals surface area (Å²) >= 11 is 0. The monoisotopic (exact) mass is 285 g/mol. The SMILES string of the molecule is Cc1nn(C)cc1-c1nn(Cc2cccc(F)c2)cc1N. The zero-order chi connectivity index (χ0) is 15.0. The number of nitrogens with zero attached hydrogens (tertiary/aromatic N) is 4. The van der Waals surface area contributed by atoms with Gasteiger partial charge in [-0.2, -0.15) is 10.2 Å². The molecule has 0 aliphatic heterocycles. The highest BCUT2D eigenvalue weighted by atomic mass is 19.1. The summed E-state index contributed by atoms with van der Waals surface area (Å²) in [5.74, 6) is -0.254. The van der Waals surface area contributed by atoms with Gasteiger partial charge in [0, 0.05) is 25.0 Å². The van der Waals surface area contributed by atoms with E-state index in [-0.39, 0.29) is 5.82 Å². The highest BCUT2D eigenvalue weighted by molar-refractivity contribution is 5.73. The number of benzene rings is 1. The number of rotatable bonds is 3. The third kappa shape index (κ3) is 2.65. The minimum Gasteiger partial charge on any atom is -0.396 e. The van der Waals surface area contributed by atoms with Gasteiger partial charge in [0.15, 0.2) is 0 Å². The van der Waals surface area contributed by atoms with Gasteiger partial charge in [-0.1, -0.05) is 12.1 Å². The van der Waals surface area contributed by atoms with Crippen LogP contribution in [0.5, 0.6) is 0 Å². The molecule has 0 aliphatic carbocycles. The maximum absolute atomic E-state index is 13.2. The number of aryl methyl sites for hydroxylation is 2. The van der Waals surface area contributed by atoms with Crippen LogP contribution in [0, 0.1) is 12.7 Å². The molecule has 2 N–H and O–H groups in total. The van der Waals surface area contributed by atoms with Gasteiger partial charge in [-0.3, -0.25) is 9.36 Å². The molecule has 0 spiro atoms. The second-order valence-electron chi connectivity index (χ2n) is 5.06. The van der Waals surface area contributed by atoms with Gasteiger partial charge in [0.2, 0.25) is 0 Å². The predicted molar refractivity (Wildman–Crippen MR) is 79.1 cm³/mol. The molecule has 3 rings (SSSR count). The molecule has 5 nitrogen and oxygen atoms in total. The number of hydrogen-bond donors (Lipinski definition) is 1. The van der Waals surface area contributed by atoms with E-state index in [9.17, 15) is 4.39 Å². The van der Waals surface area contributed by atoms with Gasteiger partial charge >= 0.3 is 0 Å². The van der Waals surface area contributed by atoms with Crippen LogP contribution in [-0.4, -0.2) is 19.6 Å². The van der Waals surface area contributed by atoms with Gasteiger partial charge in [-0.15, -0.1) is 0 Å². The smallest absolute Gasteiger partial charge is 0.123 e. The summed E-state index contributed by atoms with van der Waals surface area (Å²) < 4.78 is 16.7. The van der Waals surface area contributed by atoms with Gasteiger partial charge in [-0.05, 0) is 24.6 Å². The molecule has 0 bridgehead atoms.